The number of sulfone groups is 1. The van der Waals surface area contributed by atoms with Crippen molar-refractivity contribution in [2.24, 2.45) is 0 Å². The van der Waals surface area contributed by atoms with Gasteiger partial charge in [0.2, 0.25) is 0 Å². The molecule has 0 radical (unpaired) electrons. The minimum Gasteiger partial charge on any atom is -0.289 e. The summed E-state index contributed by atoms with van der Waals surface area (Å²) in [5.74, 6) is -0.833. The molecule has 0 spiro atoms. The third-order valence-electron chi connectivity index (χ3n) is 4.88. The van der Waals surface area contributed by atoms with Gasteiger partial charge in [0.05, 0.1) is 0 Å². The zero-order valence-electron chi connectivity index (χ0n) is 16.5. The van der Waals surface area contributed by atoms with Crippen molar-refractivity contribution in [3.8, 4) is 0 Å². The van der Waals surface area contributed by atoms with E-state index in [1.54, 1.807) is 0 Å². The Hall–Kier alpha value is -1.70. The first-order chi connectivity index (χ1) is 14.1. The normalized spacial score (nSPS) is 15.6. The Kier molecular flexibility index (Phi) is 10.4. The van der Waals surface area contributed by atoms with Crippen LogP contribution < -0.4 is 5.48 Å². The molecule has 1 amide bonds. The molecule has 0 aliphatic heterocycles. The molecule has 1 aliphatic rings. The molecule has 3 rings (SSSR count). The minimum absolute atomic E-state index is 0. The van der Waals surface area contributed by atoms with Gasteiger partial charge in [-0.25, -0.2) is 13.9 Å². The number of halogens is 3. The first-order valence-electron chi connectivity index (χ1n) is 9.29. The van der Waals surface area contributed by atoms with Crippen LogP contribution in [0.15, 0.2) is 53.4 Å². The van der Waals surface area contributed by atoms with E-state index in [1.165, 1.54) is 54.0 Å². The molecule has 0 unspecified atom stereocenters. The van der Waals surface area contributed by atoms with E-state index in [0.717, 1.165) is 6.42 Å². The van der Waals surface area contributed by atoms with Crippen LogP contribution >= 0.6 is 0 Å². The predicted octanol–water partition coefficient (Wildman–Crippen LogP) is 4.06. The Morgan fingerprint density at radius 2 is 1.48 bits per heavy atom. The number of hydroxylamine groups is 1. The standard InChI is InChI=1S/C13H16NO4S.C8H6F3.W/c15-12(14-16)13(9-5-2-6-10-13)19(17,18)11-7-3-1-4-8-11;9-8(10,11)6-7-4-2-1-3-5-7;/h3-4,7-8,16H,2,5-6,9-10H2,(H,14,15);2-5H,6H2;/q2*-1;+2. The van der Waals surface area contributed by atoms with E-state index in [0.29, 0.717) is 12.8 Å². The zero-order valence-corrected chi connectivity index (χ0v) is 20.2. The number of amides is 1. The van der Waals surface area contributed by atoms with Gasteiger partial charge in [-0.15, -0.1) is 5.56 Å². The molecule has 0 saturated heterocycles. The molecule has 0 atom stereocenters. The van der Waals surface area contributed by atoms with Crippen LogP contribution in [-0.2, 0) is 42.1 Å². The summed E-state index contributed by atoms with van der Waals surface area (Å²) in [6, 6.07) is 17.0. The van der Waals surface area contributed by atoms with Gasteiger partial charge in [-0.2, -0.15) is 73.8 Å². The van der Waals surface area contributed by atoms with Crippen molar-refractivity contribution in [1.82, 2.24) is 5.48 Å². The summed E-state index contributed by atoms with van der Waals surface area (Å²) in [5, 5.41) is 8.89. The Morgan fingerprint density at radius 1 is 1.00 bits per heavy atom. The van der Waals surface area contributed by atoms with Gasteiger partial charge in [-0.1, -0.05) is 19.3 Å². The minimum atomic E-state index is -4.11. The number of hydrogen-bond acceptors (Lipinski definition) is 4. The molecule has 2 N–H and O–H groups in total. The van der Waals surface area contributed by atoms with E-state index >= 15 is 0 Å². The van der Waals surface area contributed by atoms with Gasteiger partial charge in [0.25, 0.3) is 5.91 Å². The molecule has 2 aromatic rings. The number of hydrogen-bond donors (Lipinski definition) is 2. The summed E-state index contributed by atoms with van der Waals surface area (Å²) in [4.78, 5) is 12.1. The molecule has 31 heavy (non-hydrogen) atoms. The summed E-state index contributed by atoms with van der Waals surface area (Å²) in [7, 11) is -3.83. The second-order valence-corrected chi connectivity index (χ2v) is 9.19. The molecule has 0 bridgehead atoms. The van der Waals surface area contributed by atoms with Crippen LogP contribution in [0.2, 0.25) is 0 Å². The van der Waals surface area contributed by atoms with Crippen LogP contribution in [0.25, 0.3) is 0 Å². The average Bonchev–Trinajstić information content (AvgIpc) is 2.74. The van der Waals surface area contributed by atoms with E-state index in [9.17, 15) is 26.4 Å². The number of carbonyl (C=O) groups excluding carboxylic acids is 1. The average molecular weight is 625 g/mol. The van der Waals surface area contributed by atoms with Gasteiger partial charge < -0.3 is 0 Å². The number of carbonyl (C=O) groups is 1. The maximum absolute atomic E-state index is 12.7. The zero-order chi connectivity index (χ0) is 22.3. The van der Waals surface area contributed by atoms with Crippen LogP contribution in [0.4, 0.5) is 13.2 Å². The Morgan fingerprint density at radius 3 is 1.94 bits per heavy atom. The molecular formula is C21H22F3NO4SW. The quantitative estimate of drug-likeness (QED) is 0.305. The SMILES string of the molecule is FC(F)(F)Cc1cc[c-]cc1.O=C(NO)C1(S(=O)(=O)c2cc[c-]cc2)CCCCC1.[W+2]. The van der Waals surface area contributed by atoms with Crippen LogP contribution in [0, 0.1) is 12.1 Å². The van der Waals surface area contributed by atoms with Crippen LogP contribution in [0.5, 0.6) is 0 Å². The van der Waals surface area contributed by atoms with Crippen molar-refractivity contribution in [2.45, 2.75) is 54.3 Å². The van der Waals surface area contributed by atoms with E-state index in [4.69, 9.17) is 5.21 Å². The van der Waals surface area contributed by atoms with Crippen LogP contribution in [0.1, 0.15) is 37.7 Å². The van der Waals surface area contributed by atoms with Gasteiger partial charge in [0.15, 0.2) is 14.6 Å². The van der Waals surface area contributed by atoms with Crippen molar-refractivity contribution in [3.63, 3.8) is 0 Å². The Bertz CT molecular complexity index is 917. The van der Waals surface area contributed by atoms with Gasteiger partial charge in [0.1, 0.15) is 0 Å². The fourth-order valence-electron chi connectivity index (χ4n) is 3.39. The van der Waals surface area contributed by atoms with Crippen LogP contribution in [-0.4, -0.2) is 30.5 Å². The van der Waals surface area contributed by atoms with E-state index < -0.39 is 33.1 Å². The molecule has 1 aliphatic carbocycles. The molecule has 168 valence electrons. The molecule has 1 fully saturated rings. The molecule has 1 saturated carbocycles. The summed E-state index contributed by atoms with van der Waals surface area (Å²) < 4.78 is 59.1. The molecule has 10 heteroatoms. The van der Waals surface area contributed by atoms with Crippen molar-refractivity contribution >= 4 is 15.7 Å². The molecule has 0 heterocycles. The second-order valence-electron chi connectivity index (χ2n) is 6.94. The van der Waals surface area contributed by atoms with E-state index in [2.05, 4.69) is 12.1 Å². The second kappa shape index (κ2) is 11.8. The van der Waals surface area contributed by atoms with Gasteiger partial charge in [-0.3, -0.25) is 10.0 Å². The van der Waals surface area contributed by atoms with Crippen molar-refractivity contribution in [3.05, 3.63) is 66.2 Å². The first-order valence-corrected chi connectivity index (χ1v) is 10.8. The Balaban J connectivity index is 0.000000344. The van der Waals surface area contributed by atoms with Crippen LogP contribution in [0.3, 0.4) is 0 Å². The van der Waals surface area contributed by atoms with Crippen molar-refractivity contribution in [1.29, 1.82) is 0 Å². The number of rotatable bonds is 4. The van der Waals surface area contributed by atoms with Gasteiger partial charge >= 0.3 is 27.2 Å². The fraction of sp³-hybridized carbons (Fsp3) is 0.381. The first kappa shape index (κ1) is 27.3. The monoisotopic (exact) mass is 625 g/mol. The summed E-state index contributed by atoms with van der Waals surface area (Å²) in [5.41, 5.74) is 1.80. The predicted molar refractivity (Wildman–Crippen MR) is 103 cm³/mol. The number of nitrogens with one attached hydrogen (secondary N) is 1. The maximum Gasteiger partial charge on any atom is 2.00 e. The third kappa shape index (κ3) is 7.16. The molecule has 0 aromatic heterocycles. The topological polar surface area (TPSA) is 83.5 Å². The number of benzene rings is 2. The summed E-state index contributed by atoms with van der Waals surface area (Å²) in [6.45, 7) is 0. The third-order valence-corrected chi connectivity index (χ3v) is 7.40. The largest absolute Gasteiger partial charge is 2.00 e. The van der Waals surface area contributed by atoms with Gasteiger partial charge in [-0.05, 0) is 17.7 Å². The van der Waals surface area contributed by atoms with Crippen molar-refractivity contribution < 1.29 is 52.7 Å². The molecule has 2 aromatic carbocycles. The summed E-state index contributed by atoms with van der Waals surface area (Å²) in [6.07, 6.45) is -2.28. The van der Waals surface area contributed by atoms with Gasteiger partial charge in [0, 0.05) is 6.42 Å². The molecular weight excluding hydrogens is 603 g/mol. The van der Waals surface area contributed by atoms with Crippen molar-refractivity contribution in [2.75, 3.05) is 0 Å². The van der Waals surface area contributed by atoms with E-state index in [1.807, 2.05) is 0 Å². The Labute approximate surface area is 194 Å². The van der Waals surface area contributed by atoms with E-state index in [-0.39, 0.29) is 44.4 Å². The smallest absolute Gasteiger partial charge is 0.289 e. The molecule has 5 nitrogen and oxygen atoms in total. The summed E-state index contributed by atoms with van der Waals surface area (Å²) >= 11 is 0. The number of alkyl halides is 3. The fourth-order valence-corrected chi connectivity index (χ4v) is 5.45. The maximum atomic E-state index is 12.7.